The second-order valence-corrected chi connectivity index (χ2v) is 5.37. The topological polar surface area (TPSA) is 56.0 Å². The summed E-state index contributed by atoms with van der Waals surface area (Å²) >= 11 is 3.38. The van der Waals surface area contributed by atoms with Gasteiger partial charge in [-0.25, -0.2) is 0 Å². The van der Waals surface area contributed by atoms with E-state index in [0.29, 0.717) is 11.5 Å². The summed E-state index contributed by atoms with van der Waals surface area (Å²) < 4.78 is 0.917. The molecule has 92 valence electrons. The van der Waals surface area contributed by atoms with E-state index < -0.39 is 0 Å². The molecule has 0 fully saturated rings. The van der Waals surface area contributed by atoms with Crippen molar-refractivity contribution in [3.05, 3.63) is 28.2 Å². The third kappa shape index (κ3) is 4.37. The lowest BCUT2D eigenvalue weighted by atomic mass is 10.0. The average Bonchev–Trinajstić information content (AvgIpc) is 2.28. The maximum absolute atomic E-state index is 9.31. The third-order valence-electron chi connectivity index (χ3n) is 2.44. The summed E-state index contributed by atoms with van der Waals surface area (Å²) in [6.07, 6.45) is 0.869. The number of hydrogen-bond donors (Lipinski definition) is 2. The minimum Gasteiger partial charge on any atom is -0.394 e. The van der Waals surface area contributed by atoms with Crippen LogP contribution in [0.25, 0.3) is 0 Å². The van der Waals surface area contributed by atoms with Gasteiger partial charge >= 0.3 is 0 Å². The van der Waals surface area contributed by atoms with E-state index in [1.54, 1.807) is 6.07 Å². The molecule has 4 heteroatoms. The molecule has 0 saturated carbocycles. The van der Waals surface area contributed by atoms with Crippen LogP contribution >= 0.6 is 15.9 Å². The van der Waals surface area contributed by atoms with Gasteiger partial charge in [0.25, 0.3) is 0 Å². The molecule has 0 spiro atoms. The molecule has 0 aliphatic heterocycles. The van der Waals surface area contributed by atoms with Crippen LogP contribution in [0.4, 0.5) is 5.69 Å². The van der Waals surface area contributed by atoms with Gasteiger partial charge in [0.05, 0.1) is 17.9 Å². The molecule has 0 heterocycles. The van der Waals surface area contributed by atoms with Gasteiger partial charge in [-0.05, 0) is 30.5 Å². The first kappa shape index (κ1) is 14.0. The second-order valence-electron chi connectivity index (χ2n) is 4.46. The van der Waals surface area contributed by atoms with Crippen LogP contribution in [0.2, 0.25) is 0 Å². The van der Waals surface area contributed by atoms with Crippen LogP contribution < -0.4 is 5.32 Å². The molecule has 1 aromatic rings. The first-order valence-electron chi connectivity index (χ1n) is 5.63. The predicted octanol–water partition coefficient (Wildman–Crippen LogP) is 3.14. The van der Waals surface area contributed by atoms with Crippen LogP contribution in [0.5, 0.6) is 0 Å². The van der Waals surface area contributed by atoms with Crippen LogP contribution in [-0.2, 0) is 0 Å². The van der Waals surface area contributed by atoms with Gasteiger partial charge in [-0.3, -0.25) is 0 Å². The number of benzene rings is 1. The zero-order valence-corrected chi connectivity index (χ0v) is 11.7. The molecule has 0 radical (unpaired) electrons. The van der Waals surface area contributed by atoms with Gasteiger partial charge in [0.15, 0.2) is 0 Å². The largest absolute Gasteiger partial charge is 0.394 e. The standard InChI is InChI=1S/C13H17BrN2O/c1-9(2)5-12(8-17)16-13-6-11(14)4-3-10(13)7-15/h3-4,6,9,12,16-17H,5,8H2,1-2H3. The van der Waals surface area contributed by atoms with E-state index in [1.165, 1.54) is 0 Å². The zero-order valence-electron chi connectivity index (χ0n) is 10.1. The Balaban J connectivity index is 2.85. The van der Waals surface area contributed by atoms with E-state index in [-0.39, 0.29) is 12.6 Å². The number of rotatable bonds is 5. The average molecular weight is 297 g/mol. The minimum atomic E-state index is -0.0172. The van der Waals surface area contributed by atoms with Gasteiger partial charge in [0.1, 0.15) is 6.07 Å². The Labute approximate surface area is 111 Å². The summed E-state index contributed by atoms with van der Waals surface area (Å²) in [5, 5.41) is 21.5. The number of nitrogens with one attached hydrogen (secondary N) is 1. The van der Waals surface area contributed by atoms with Crippen molar-refractivity contribution >= 4 is 21.6 Å². The number of aliphatic hydroxyl groups is 1. The number of nitrogens with zero attached hydrogens (tertiary/aromatic N) is 1. The van der Waals surface area contributed by atoms with E-state index >= 15 is 0 Å². The lowest BCUT2D eigenvalue weighted by Gasteiger charge is -2.20. The van der Waals surface area contributed by atoms with E-state index in [0.717, 1.165) is 16.6 Å². The number of nitriles is 1. The van der Waals surface area contributed by atoms with Crippen molar-refractivity contribution in [1.82, 2.24) is 0 Å². The molecular weight excluding hydrogens is 280 g/mol. The van der Waals surface area contributed by atoms with Crippen molar-refractivity contribution in [2.24, 2.45) is 5.92 Å². The molecule has 0 aromatic heterocycles. The van der Waals surface area contributed by atoms with E-state index in [2.05, 4.69) is 41.2 Å². The molecule has 1 unspecified atom stereocenters. The molecule has 0 aliphatic carbocycles. The van der Waals surface area contributed by atoms with Crippen molar-refractivity contribution in [2.75, 3.05) is 11.9 Å². The van der Waals surface area contributed by atoms with E-state index in [4.69, 9.17) is 5.26 Å². The molecule has 3 nitrogen and oxygen atoms in total. The number of halogens is 1. The molecule has 1 atom stereocenters. The van der Waals surface area contributed by atoms with E-state index in [9.17, 15) is 5.11 Å². The highest BCUT2D eigenvalue weighted by atomic mass is 79.9. The van der Waals surface area contributed by atoms with Crippen LogP contribution in [0, 0.1) is 17.2 Å². The summed E-state index contributed by atoms with van der Waals surface area (Å²) in [5.74, 6) is 0.498. The molecule has 0 aliphatic rings. The Kier molecular flexibility index (Phi) is 5.46. The normalized spacial score (nSPS) is 12.2. The molecule has 1 rings (SSSR count). The van der Waals surface area contributed by atoms with Crippen molar-refractivity contribution in [3.8, 4) is 6.07 Å². The third-order valence-corrected chi connectivity index (χ3v) is 2.93. The summed E-state index contributed by atoms with van der Waals surface area (Å²) in [6, 6.07) is 7.58. The SMILES string of the molecule is CC(C)CC(CO)Nc1cc(Br)ccc1C#N. The molecule has 1 aromatic carbocycles. The lowest BCUT2D eigenvalue weighted by molar-refractivity contribution is 0.259. The zero-order chi connectivity index (χ0) is 12.8. The molecular formula is C13H17BrN2O. The number of aliphatic hydroxyl groups excluding tert-OH is 1. The van der Waals surface area contributed by atoms with Gasteiger partial charge in [0, 0.05) is 10.5 Å². The van der Waals surface area contributed by atoms with Crippen LogP contribution in [0.15, 0.2) is 22.7 Å². The Hall–Kier alpha value is -1.05. The fraction of sp³-hybridized carbons (Fsp3) is 0.462. The second kappa shape index (κ2) is 6.63. The first-order chi connectivity index (χ1) is 8.06. The maximum atomic E-state index is 9.31. The first-order valence-corrected chi connectivity index (χ1v) is 6.43. The number of anilines is 1. The van der Waals surface area contributed by atoms with Crippen LogP contribution in [0.3, 0.4) is 0 Å². The van der Waals surface area contributed by atoms with Gasteiger partial charge < -0.3 is 10.4 Å². The van der Waals surface area contributed by atoms with E-state index in [1.807, 2.05) is 12.1 Å². The molecule has 0 saturated heterocycles. The smallest absolute Gasteiger partial charge is 0.101 e. The van der Waals surface area contributed by atoms with Crippen LogP contribution in [-0.4, -0.2) is 17.8 Å². The minimum absolute atomic E-state index is 0.0172. The van der Waals surface area contributed by atoms with Crippen molar-refractivity contribution in [3.63, 3.8) is 0 Å². The number of hydrogen-bond acceptors (Lipinski definition) is 3. The monoisotopic (exact) mass is 296 g/mol. The van der Waals surface area contributed by atoms with Gasteiger partial charge in [-0.2, -0.15) is 5.26 Å². The summed E-state index contributed by atoms with van der Waals surface area (Å²) in [6.45, 7) is 4.28. The van der Waals surface area contributed by atoms with Gasteiger partial charge in [-0.1, -0.05) is 29.8 Å². The Morgan fingerprint density at radius 2 is 2.18 bits per heavy atom. The highest BCUT2D eigenvalue weighted by Crippen LogP contribution is 2.22. The van der Waals surface area contributed by atoms with Crippen molar-refractivity contribution < 1.29 is 5.11 Å². The molecule has 0 bridgehead atoms. The Morgan fingerprint density at radius 1 is 1.47 bits per heavy atom. The molecule has 0 amide bonds. The lowest BCUT2D eigenvalue weighted by Crippen LogP contribution is -2.26. The molecule has 17 heavy (non-hydrogen) atoms. The Morgan fingerprint density at radius 3 is 2.71 bits per heavy atom. The molecule has 2 N–H and O–H groups in total. The maximum Gasteiger partial charge on any atom is 0.101 e. The summed E-state index contributed by atoms with van der Waals surface area (Å²) in [4.78, 5) is 0. The van der Waals surface area contributed by atoms with Gasteiger partial charge in [0.2, 0.25) is 0 Å². The quantitative estimate of drug-likeness (QED) is 0.878. The van der Waals surface area contributed by atoms with Crippen molar-refractivity contribution in [2.45, 2.75) is 26.3 Å². The van der Waals surface area contributed by atoms with Crippen molar-refractivity contribution in [1.29, 1.82) is 5.26 Å². The highest BCUT2D eigenvalue weighted by molar-refractivity contribution is 9.10. The van der Waals surface area contributed by atoms with Crippen LogP contribution in [0.1, 0.15) is 25.8 Å². The van der Waals surface area contributed by atoms with Gasteiger partial charge in [-0.15, -0.1) is 0 Å². The Bertz CT molecular complexity index is 412. The highest BCUT2D eigenvalue weighted by Gasteiger charge is 2.12. The summed E-state index contributed by atoms with van der Waals surface area (Å²) in [7, 11) is 0. The fourth-order valence-electron chi connectivity index (χ4n) is 1.70. The predicted molar refractivity (Wildman–Crippen MR) is 72.8 cm³/mol. The summed E-state index contributed by atoms with van der Waals surface area (Å²) in [5.41, 5.74) is 1.36. The fourth-order valence-corrected chi connectivity index (χ4v) is 2.06.